The van der Waals surface area contributed by atoms with Crippen molar-refractivity contribution in [1.29, 1.82) is 0 Å². The largest absolute Gasteiger partial charge is 0.494 e. The van der Waals surface area contributed by atoms with E-state index in [-0.39, 0.29) is 11.2 Å². The molecule has 0 amide bonds. The van der Waals surface area contributed by atoms with Gasteiger partial charge in [-0.25, -0.2) is 9.97 Å². The van der Waals surface area contributed by atoms with E-state index in [9.17, 15) is 9.13 Å². The average Bonchev–Trinajstić information content (AvgIpc) is 1.55. The fourth-order valence-corrected chi connectivity index (χ4v) is 20.1. The van der Waals surface area contributed by atoms with E-state index in [4.69, 9.17) is 19.3 Å². The number of hydrogen-bond donors (Lipinski definition) is 0. The summed E-state index contributed by atoms with van der Waals surface area (Å²) in [5.41, 5.74) is 11.0. The van der Waals surface area contributed by atoms with Gasteiger partial charge in [0, 0.05) is 57.8 Å². The van der Waals surface area contributed by atoms with Gasteiger partial charge in [0.1, 0.15) is 11.3 Å². The van der Waals surface area contributed by atoms with Gasteiger partial charge in [0.15, 0.2) is 14.3 Å². The third kappa shape index (κ3) is 10.8. The van der Waals surface area contributed by atoms with Crippen molar-refractivity contribution in [2.75, 3.05) is 0 Å². The lowest BCUT2D eigenvalue weighted by Gasteiger charge is -2.32. The van der Waals surface area contributed by atoms with E-state index < -0.39 is 21.4 Å². The Morgan fingerprint density at radius 1 is 0.320 bits per heavy atom. The predicted molar refractivity (Wildman–Crippen MR) is 425 cm³/mol. The molecule has 100 heavy (non-hydrogen) atoms. The van der Waals surface area contributed by atoms with Gasteiger partial charge >= 0.3 is 7.12 Å². The third-order valence-electron chi connectivity index (χ3n) is 20.2. The Labute approximate surface area is 588 Å². The van der Waals surface area contributed by atoms with Gasteiger partial charge in [-0.2, -0.15) is 0 Å². The Morgan fingerprint density at radius 3 is 1.16 bits per heavy atom. The zero-order chi connectivity index (χ0) is 67.9. The molecule has 12 heteroatoms. The zero-order valence-corrected chi connectivity index (χ0v) is 58.8. The van der Waals surface area contributed by atoms with E-state index >= 15 is 0 Å². The summed E-state index contributed by atoms with van der Waals surface area (Å²) < 4.78 is 47.5. The van der Waals surface area contributed by atoms with Crippen molar-refractivity contribution >= 4 is 173 Å². The molecule has 0 aliphatic carbocycles. The van der Waals surface area contributed by atoms with Crippen LogP contribution in [0.2, 0.25) is 0 Å². The molecule has 1 aliphatic rings. The first kappa shape index (κ1) is 62.9. The quantitative estimate of drug-likeness (QED) is 0.0856. The van der Waals surface area contributed by atoms with Crippen molar-refractivity contribution in [3.05, 3.63) is 332 Å². The van der Waals surface area contributed by atoms with E-state index in [1.165, 1.54) is 21.5 Å². The van der Waals surface area contributed by atoms with Gasteiger partial charge in [-0.3, -0.25) is 8.80 Å². The highest BCUT2D eigenvalue weighted by atomic mass is 79.9. The number of hydrogen-bond acceptors (Lipinski definition) is 6. The van der Waals surface area contributed by atoms with Crippen molar-refractivity contribution < 1.29 is 18.4 Å². The van der Waals surface area contributed by atoms with Crippen molar-refractivity contribution in [3.8, 4) is 11.1 Å². The molecule has 5 heterocycles. The first-order valence-electron chi connectivity index (χ1n) is 33.7. The third-order valence-corrected chi connectivity index (χ3v) is 26.8. The number of fused-ring (bicyclic) bond motifs is 18. The maximum absolute atomic E-state index is 14.9. The van der Waals surface area contributed by atoms with Gasteiger partial charge in [0.05, 0.1) is 44.3 Å². The van der Waals surface area contributed by atoms with E-state index in [2.05, 4.69) is 222 Å². The molecule has 0 saturated carbocycles. The van der Waals surface area contributed by atoms with Crippen LogP contribution in [0.15, 0.2) is 332 Å². The van der Waals surface area contributed by atoms with Gasteiger partial charge in [-0.15, -0.1) is 0 Å². The summed E-state index contributed by atoms with van der Waals surface area (Å²) in [7, 11) is -6.34. The van der Waals surface area contributed by atoms with E-state index in [1.54, 1.807) is 0 Å². The molecular weight excluding hydrogens is 1330 g/mol. The number of para-hydroxylation sites is 6. The van der Waals surface area contributed by atoms with Crippen LogP contribution in [-0.2, 0) is 18.4 Å². The van der Waals surface area contributed by atoms with Crippen LogP contribution < -0.4 is 37.3 Å². The first-order valence-corrected chi connectivity index (χ1v) is 37.9. The van der Waals surface area contributed by atoms with E-state index in [0.29, 0.717) is 0 Å². The standard InChI is InChI=1S/C41H27N2OP.C25H23BN2O2.C22H16BrOP/c44-45(32-11-3-1-4-12-32,33-13-5-2-6-14-33)34-23-21-29-25-28(19-20-30(29)26-34)31-22-24-35-36-15-7-9-17-39(36)43-40-18-10-8-16-38(40)42-41(43)37(35)27-31;1-24(2)25(3,4)30-26(29-24)16-13-14-17-18-9-5-7-11-21(18)28-22-12-8-6-10-20(22)27-23(28)19(17)15-16;23-19-13-11-18-16-22(14-12-17(18)15-19)25(24,20-7-3-1-4-8-20)21-9-5-2-6-10-21/h1-27H;5-15H,1-4H3;1-16H. The molecule has 0 unspecified atom stereocenters. The van der Waals surface area contributed by atoms with Crippen LogP contribution >= 0.6 is 30.2 Å². The van der Waals surface area contributed by atoms with Crippen LogP contribution in [0.1, 0.15) is 27.7 Å². The minimum atomic E-state index is -3.04. The molecular formula is C88H66BBrN4O4P2. The van der Waals surface area contributed by atoms with Gasteiger partial charge in [0.2, 0.25) is 0 Å². The van der Waals surface area contributed by atoms with Gasteiger partial charge in [0.25, 0.3) is 0 Å². The second-order valence-electron chi connectivity index (χ2n) is 26.7. The second-order valence-corrected chi connectivity index (χ2v) is 33.1. The fourth-order valence-electron chi connectivity index (χ4n) is 14.4. The lowest BCUT2D eigenvalue weighted by atomic mass is 9.78. The van der Waals surface area contributed by atoms with Gasteiger partial charge in [-0.05, 0) is 149 Å². The summed E-state index contributed by atoms with van der Waals surface area (Å²) in [6, 6.07) is 111. The van der Waals surface area contributed by atoms with Crippen molar-refractivity contribution in [1.82, 2.24) is 18.8 Å². The number of aromatic nitrogens is 4. The maximum atomic E-state index is 14.9. The summed E-state index contributed by atoms with van der Waals surface area (Å²) in [4.78, 5) is 10.1. The van der Waals surface area contributed by atoms with Crippen LogP contribution in [0.5, 0.6) is 0 Å². The fraction of sp³-hybridized carbons (Fsp3) is 0.0682. The monoisotopic (exact) mass is 1390 g/mol. The molecule has 0 N–H and O–H groups in total. The molecule has 0 spiro atoms. The van der Waals surface area contributed by atoms with E-state index in [0.717, 1.165) is 130 Å². The molecule has 482 valence electrons. The highest BCUT2D eigenvalue weighted by molar-refractivity contribution is 9.10. The zero-order valence-electron chi connectivity index (χ0n) is 55.4. The average molecular weight is 1400 g/mol. The lowest BCUT2D eigenvalue weighted by Crippen LogP contribution is -2.41. The van der Waals surface area contributed by atoms with E-state index in [1.807, 2.05) is 158 Å². The van der Waals surface area contributed by atoms with Crippen LogP contribution in [0.25, 0.3) is 109 Å². The highest BCUT2D eigenvalue weighted by Crippen LogP contribution is 2.46. The molecule has 19 rings (SSSR count). The van der Waals surface area contributed by atoms with Gasteiger partial charge in [-0.1, -0.05) is 271 Å². The van der Waals surface area contributed by atoms with Crippen molar-refractivity contribution in [3.63, 3.8) is 0 Å². The molecule has 18 aromatic rings. The van der Waals surface area contributed by atoms with Gasteiger partial charge < -0.3 is 18.4 Å². The van der Waals surface area contributed by atoms with Crippen LogP contribution in [-0.4, -0.2) is 37.1 Å². The minimum Gasteiger partial charge on any atom is -0.399 e. The SMILES string of the molecule is CC1(C)OB(c2ccc3c4ccccc4n4c5ccccc5nc4c3c2)OC1(C)C.O=P(c1ccccc1)(c1ccccc1)c1ccc2cc(-c3ccc4c5ccccc5n5c6ccccc6nc5c4c3)ccc2c1.O=P(c1ccccc1)(c1ccccc1)c1ccc2cc(Br)ccc2c1. The first-order chi connectivity index (χ1) is 48.7. The van der Waals surface area contributed by atoms with Crippen LogP contribution in [0, 0.1) is 0 Å². The number of halogens is 1. The Balaban J connectivity index is 0.000000118. The lowest BCUT2D eigenvalue weighted by molar-refractivity contribution is 0.00578. The maximum Gasteiger partial charge on any atom is 0.494 e. The highest BCUT2D eigenvalue weighted by Gasteiger charge is 2.52. The minimum absolute atomic E-state index is 0.368. The van der Waals surface area contributed by atoms with Crippen molar-refractivity contribution in [2.45, 2.75) is 38.9 Å². The number of nitrogens with zero attached hydrogens (tertiary/aromatic N) is 4. The molecule has 14 aromatic carbocycles. The molecule has 1 fully saturated rings. The van der Waals surface area contributed by atoms with Crippen molar-refractivity contribution in [2.24, 2.45) is 0 Å². The Hall–Kier alpha value is -10.5. The normalized spacial score (nSPS) is 13.8. The summed E-state index contributed by atoms with van der Waals surface area (Å²) in [5, 5.41) is 16.5. The summed E-state index contributed by atoms with van der Waals surface area (Å²) in [5.74, 6) is 0. The number of rotatable bonds is 8. The molecule has 0 atom stereocenters. The predicted octanol–water partition coefficient (Wildman–Crippen LogP) is 19.6. The molecule has 1 aliphatic heterocycles. The summed E-state index contributed by atoms with van der Waals surface area (Å²) in [6.45, 7) is 8.34. The number of imidazole rings is 2. The molecule has 1 saturated heterocycles. The van der Waals surface area contributed by atoms with Crippen LogP contribution in [0.3, 0.4) is 0 Å². The Kier molecular flexibility index (Phi) is 15.7. The Bertz CT molecular complexity index is 6240. The summed E-state index contributed by atoms with van der Waals surface area (Å²) in [6.07, 6.45) is 0. The molecule has 0 bridgehead atoms. The molecule has 8 nitrogen and oxygen atoms in total. The number of benzene rings is 14. The second kappa shape index (κ2) is 25.0. The van der Waals surface area contributed by atoms with Crippen LogP contribution in [0.4, 0.5) is 0 Å². The molecule has 0 radical (unpaired) electrons. The summed E-state index contributed by atoms with van der Waals surface area (Å²) >= 11 is 3.51. The smallest absolute Gasteiger partial charge is 0.399 e. The number of pyridine rings is 2. The molecule has 4 aromatic heterocycles. The topological polar surface area (TPSA) is 87.2 Å². The Morgan fingerprint density at radius 2 is 0.680 bits per heavy atom.